The molecule has 2 aromatic rings. The molecule has 1 heterocycles. The van der Waals surface area contributed by atoms with Crippen LogP contribution in [0.1, 0.15) is 56.6 Å². The van der Waals surface area contributed by atoms with Gasteiger partial charge in [-0.2, -0.15) is 4.31 Å². The van der Waals surface area contributed by atoms with Crippen LogP contribution in [-0.2, 0) is 27.7 Å². The number of fused-ring (bicyclic) bond motifs is 1. The van der Waals surface area contributed by atoms with Crippen molar-refractivity contribution < 1.29 is 22.7 Å². The summed E-state index contributed by atoms with van der Waals surface area (Å²) in [7, 11) is -2.27. The summed E-state index contributed by atoms with van der Waals surface area (Å²) < 4.78 is 39.4. The number of anilines is 1. The highest BCUT2D eigenvalue weighted by molar-refractivity contribution is 7.89. The van der Waals surface area contributed by atoms with Crippen molar-refractivity contribution in [3.8, 4) is 11.5 Å². The van der Waals surface area contributed by atoms with Crippen LogP contribution in [0.3, 0.4) is 0 Å². The number of nitrogens with one attached hydrogen (secondary N) is 1. The molecule has 0 bridgehead atoms. The highest BCUT2D eigenvalue weighted by Gasteiger charge is 2.30. The summed E-state index contributed by atoms with van der Waals surface area (Å²) in [6.45, 7) is 2.88. The number of ether oxygens (including phenoxy) is 2. The first-order valence-electron chi connectivity index (χ1n) is 12.2. The van der Waals surface area contributed by atoms with E-state index in [0.717, 1.165) is 32.1 Å². The zero-order valence-electron chi connectivity index (χ0n) is 20.0. The Kier molecular flexibility index (Phi) is 7.78. The van der Waals surface area contributed by atoms with Crippen molar-refractivity contribution in [1.82, 2.24) is 4.31 Å². The van der Waals surface area contributed by atoms with Crippen LogP contribution in [0.25, 0.3) is 0 Å². The Morgan fingerprint density at radius 2 is 1.74 bits per heavy atom. The largest absolute Gasteiger partial charge is 0.495 e. The first kappa shape index (κ1) is 24.5. The molecule has 1 N–H and O–H groups in total. The van der Waals surface area contributed by atoms with Gasteiger partial charge >= 0.3 is 0 Å². The highest BCUT2D eigenvalue weighted by Crippen LogP contribution is 2.31. The average molecular weight is 487 g/mol. The van der Waals surface area contributed by atoms with Gasteiger partial charge in [-0.05, 0) is 86.4 Å². The van der Waals surface area contributed by atoms with Crippen molar-refractivity contribution in [1.29, 1.82) is 0 Å². The van der Waals surface area contributed by atoms with Gasteiger partial charge in [0, 0.05) is 18.8 Å². The van der Waals surface area contributed by atoms with Gasteiger partial charge in [0.2, 0.25) is 10.0 Å². The van der Waals surface area contributed by atoms with E-state index < -0.39 is 16.1 Å². The molecule has 0 saturated carbocycles. The summed E-state index contributed by atoms with van der Waals surface area (Å²) in [5.41, 5.74) is 3.05. The lowest BCUT2D eigenvalue weighted by Crippen LogP contribution is -2.36. The predicted molar refractivity (Wildman–Crippen MR) is 132 cm³/mol. The van der Waals surface area contributed by atoms with Gasteiger partial charge in [0.05, 0.1) is 7.11 Å². The molecule has 1 amide bonds. The molecule has 0 aromatic heterocycles. The molecule has 34 heavy (non-hydrogen) atoms. The molecule has 184 valence electrons. The number of benzene rings is 2. The molecule has 4 rings (SSSR count). The summed E-state index contributed by atoms with van der Waals surface area (Å²) in [6, 6.07) is 10.8. The smallest absolute Gasteiger partial charge is 0.265 e. The fourth-order valence-electron chi connectivity index (χ4n) is 4.69. The van der Waals surface area contributed by atoms with Crippen LogP contribution in [0, 0.1) is 0 Å². The number of carbonyl (C=O) groups excluding carboxylic acids is 1. The van der Waals surface area contributed by atoms with Crippen molar-refractivity contribution in [2.45, 2.75) is 69.3 Å². The standard InChI is InChI=1S/C26H34N2O5S/c1-3-23(33-22-13-11-19-9-5-6-10-20(19)17-22)26(29)27-21-12-14-24(32-2)25(18-21)34(30,31)28-15-7-4-8-16-28/h11-14,17-18,23H,3-10,15-16H2,1-2H3,(H,27,29). The van der Waals surface area contributed by atoms with Crippen molar-refractivity contribution in [2.24, 2.45) is 0 Å². The Morgan fingerprint density at radius 3 is 2.44 bits per heavy atom. The molecule has 8 heteroatoms. The van der Waals surface area contributed by atoms with Gasteiger partial charge in [0.15, 0.2) is 6.10 Å². The number of aryl methyl sites for hydroxylation is 2. The van der Waals surface area contributed by atoms with Crippen molar-refractivity contribution >= 4 is 21.6 Å². The van der Waals surface area contributed by atoms with Crippen molar-refractivity contribution in [2.75, 3.05) is 25.5 Å². The SMILES string of the molecule is CCC(Oc1ccc2c(c1)CCCC2)C(=O)Nc1ccc(OC)c(S(=O)(=O)N2CCCCC2)c1. The van der Waals surface area contributed by atoms with Gasteiger partial charge < -0.3 is 14.8 Å². The fraction of sp³-hybridized carbons (Fsp3) is 0.500. The summed E-state index contributed by atoms with van der Waals surface area (Å²) in [5, 5.41) is 2.84. The first-order valence-corrected chi connectivity index (χ1v) is 13.6. The van der Waals surface area contributed by atoms with E-state index in [1.165, 1.54) is 41.4 Å². The van der Waals surface area contributed by atoms with E-state index in [0.29, 0.717) is 30.9 Å². The number of hydrogen-bond acceptors (Lipinski definition) is 5. The summed E-state index contributed by atoms with van der Waals surface area (Å²) in [5.74, 6) is 0.637. The number of nitrogens with zero attached hydrogens (tertiary/aromatic N) is 1. The first-order chi connectivity index (χ1) is 16.4. The minimum Gasteiger partial charge on any atom is -0.495 e. The van der Waals surface area contributed by atoms with Crippen LogP contribution in [-0.4, -0.2) is 44.9 Å². The molecule has 0 radical (unpaired) electrons. The van der Waals surface area contributed by atoms with Gasteiger partial charge in [-0.1, -0.05) is 19.4 Å². The normalized spacial score (nSPS) is 17.5. The second-order valence-corrected chi connectivity index (χ2v) is 10.9. The second-order valence-electron chi connectivity index (χ2n) is 8.97. The Balaban J connectivity index is 1.51. The molecule has 1 aliphatic carbocycles. The number of amides is 1. The maximum Gasteiger partial charge on any atom is 0.265 e. The van der Waals surface area contributed by atoms with E-state index in [2.05, 4.69) is 11.4 Å². The monoisotopic (exact) mass is 486 g/mol. The third kappa shape index (κ3) is 5.39. The number of sulfonamides is 1. The summed E-state index contributed by atoms with van der Waals surface area (Å²) in [6.07, 6.45) is 7.03. The molecule has 0 spiro atoms. The molecule has 1 aliphatic heterocycles. The van der Waals surface area contributed by atoms with Crippen LogP contribution in [0.2, 0.25) is 0 Å². The number of piperidine rings is 1. The van der Waals surface area contributed by atoms with Gasteiger partial charge in [-0.15, -0.1) is 0 Å². The van der Waals surface area contributed by atoms with E-state index in [9.17, 15) is 13.2 Å². The Labute approximate surface area is 202 Å². The third-order valence-corrected chi connectivity index (χ3v) is 8.55. The van der Waals surface area contributed by atoms with E-state index in [-0.39, 0.29) is 16.6 Å². The molecular weight excluding hydrogens is 452 g/mol. The lowest BCUT2D eigenvalue weighted by atomic mass is 9.92. The summed E-state index contributed by atoms with van der Waals surface area (Å²) in [4.78, 5) is 13.1. The van der Waals surface area contributed by atoms with E-state index in [1.54, 1.807) is 12.1 Å². The predicted octanol–water partition coefficient (Wildman–Crippen LogP) is 4.54. The van der Waals surface area contributed by atoms with Crippen LogP contribution in [0.5, 0.6) is 11.5 Å². The maximum atomic E-state index is 13.3. The number of methoxy groups -OCH3 is 1. The van der Waals surface area contributed by atoms with E-state index in [4.69, 9.17) is 9.47 Å². The Hall–Kier alpha value is -2.58. The van der Waals surface area contributed by atoms with Crippen LogP contribution < -0.4 is 14.8 Å². The van der Waals surface area contributed by atoms with Crippen LogP contribution >= 0.6 is 0 Å². The van der Waals surface area contributed by atoms with Gasteiger partial charge in [0.25, 0.3) is 5.91 Å². The third-order valence-electron chi connectivity index (χ3n) is 6.63. The summed E-state index contributed by atoms with van der Waals surface area (Å²) >= 11 is 0. The second kappa shape index (κ2) is 10.8. The quantitative estimate of drug-likeness (QED) is 0.592. The maximum absolute atomic E-state index is 13.3. The molecule has 2 aromatic carbocycles. The van der Waals surface area contributed by atoms with Gasteiger partial charge in [-0.25, -0.2) is 8.42 Å². The van der Waals surface area contributed by atoms with Crippen molar-refractivity contribution in [3.05, 3.63) is 47.5 Å². The molecular formula is C26H34N2O5S. The Morgan fingerprint density at radius 1 is 1.00 bits per heavy atom. The highest BCUT2D eigenvalue weighted by atomic mass is 32.2. The number of carbonyl (C=O) groups is 1. The molecule has 1 unspecified atom stereocenters. The molecule has 7 nitrogen and oxygen atoms in total. The molecule has 1 atom stereocenters. The fourth-order valence-corrected chi connectivity index (χ4v) is 6.39. The minimum absolute atomic E-state index is 0.0679. The van der Waals surface area contributed by atoms with Crippen LogP contribution in [0.4, 0.5) is 5.69 Å². The molecule has 2 aliphatic rings. The van der Waals surface area contributed by atoms with Gasteiger partial charge in [-0.3, -0.25) is 4.79 Å². The van der Waals surface area contributed by atoms with E-state index in [1.807, 2.05) is 19.1 Å². The zero-order valence-corrected chi connectivity index (χ0v) is 20.8. The number of hydrogen-bond donors (Lipinski definition) is 1. The van der Waals surface area contributed by atoms with E-state index >= 15 is 0 Å². The Bertz CT molecular complexity index is 1130. The van der Waals surface area contributed by atoms with Crippen molar-refractivity contribution in [3.63, 3.8) is 0 Å². The number of rotatable bonds is 8. The average Bonchev–Trinajstić information content (AvgIpc) is 2.87. The van der Waals surface area contributed by atoms with Gasteiger partial charge in [0.1, 0.15) is 16.4 Å². The minimum atomic E-state index is -3.72. The molecule has 1 saturated heterocycles. The zero-order chi connectivity index (χ0) is 24.1. The lowest BCUT2D eigenvalue weighted by molar-refractivity contribution is -0.122. The van der Waals surface area contributed by atoms with Crippen LogP contribution in [0.15, 0.2) is 41.3 Å². The topological polar surface area (TPSA) is 84.9 Å². The molecule has 1 fully saturated rings. The lowest BCUT2D eigenvalue weighted by Gasteiger charge is -2.26.